The summed E-state index contributed by atoms with van der Waals surface area (Å²) in [5.41, 5.74) is -0.0579. The number of ether oxygens (including phenoxy) is 1. The number of halogens is 1. The Hall–Kier alpha value is -1.62. The maximum atomic E-state index is 13.1. The highest BCUT2D eigenvalue weighted by molar-refractivity contribution is 5.82. The molecule has 1 aliphatic heterocycles. The summed E-state index contributed by atoms with van der Waals surface area (Å²) in [6.07, 6.45) is 3.19. The summed E-state index contributed by atoms with van der Waals surface area (Å²) in [5.74, 6) is -0.0123. The van der Waals surface area contributed by atoms with Crippen LogP contribution in [0.4, 0.5) is 4.39 Å². The SMILES string of the molecule is O=C(NCC1(O)CCCC1)C1Cc2cc(F)ccc2O1. The quantitative estimate of drug-likeness (QED) is 0.882. The Morgan fingerprint density at radius 2 is 2.20 bits per heavy atom. The molecule has 1 atom stereocenters. The minimum Gasteiger partial charge on any atom is -0.480 e. The molecule has 3 rings (SSSR count). The lowest BCUT2D eigenvalue weighted by Crippen LogP contribution is -2.45. The van der Waals surface area contributed by atoms with Crippen LogP contribution in [0, 0.1) is 5.82 Å². The molecule has 20 heavy (non-hydrogen) atoms. The third kappa shape index (κ3) is 2.63. The number of carbonyl (C=O) groups is 1. The van der Waals surface area contributed by atoms with Crippen LogP contribution in [-0.2, 0) is 11.2 Å². The topological polar surface area (TPSA) is 58.6 Å². The van der Waals surface area contributed by atoms with E-state index in [0.29, 0.717) is 17.7 Å². The van der Waals surface area contributed by atoms with Crippen LogP contribution in [0.2, 0.25) is 0 Å². The van der Waals surface area contributed by atoms with Crippen molar-refractivity contribution >= 4 is 5.91 Å². The van der Waals surface area contributed by atoms with Gasteiger partial charge in [0, 0.05) is 18.5 Å². The van der Waals surface area contributed by atoms with E-state index in [-0.39, 0.29) is 18.3 Å². The Balaban J connectivity index is 1.57. The van der Waals surface area contributed by atoms with Gasteiger partial charge in [-0.3, -0.25) is 4.79 Å². The normalized spacial score (nSPS) is 23.2. The molecule has 1 fully saturated rings. The fraction of sp³-hybridized carbons (Fsp3) is 0.533. The van der Waals surface area contributed by atoms with Gasteiger partial charge in [0.25, 0.3) is 5.91 Å². The highest BCUT2D eigenvalue weighted by Crippen LogP contribution is 2.30. The largest absolute Gasteiger partial charge is 0.480 e. The van der Waals surface area contributed by atoms with E-state index in [0.717, 1.165) is 25.7 Å². The summed E-state index contributed by atoms with van der Waals surface area (Å²) in [6, 6.07) is 4.26. The van der Waals surface area contributed by atoms with Gasteiger partial charge < -0.3 is 15.2 Å². The predicted octanol–water partition coefficient (Wildman–Crippen LogP) is 1.55. The van der Waals surface area contributed by atoms with E-state index in [1.807, 2.05) is 0 Å². The molecule has 108 valence electrons. The monoisotopic (exact) mass is 279 g/mol. The summed E-state index contributed by atoms with van der Waals surface area (Å²) in [7, 11) is 0. The minimum absolute atomic E-state index is 0.248. The van der Waals surface area contributed by atoms with Crippen LogP contribution in [0.15, 0.2) is 18.2 Å². The van der Waals surface area contributed by atoms with Crippen molar-refractivity contribution in [2.45, 2.75) is 43.8 Å². The van der Waals surface area contributed by atoms with Crippen LogP contribution < -0.4 is 10.1 Å². The van der Waals surface area contributed by atoms with Gasteiger partial charge in [-0.1, -0.05) is 12.8 Å². The van der Waals surface area contributed by atoms with Gasteiger partial charge in [0.2, 0.25) is 0 Å². The molecule has 4 nitrogen and oxygen atoms in total. The van der Waals surface area contributed by atoms with Crippen LogP contribution in [0.25, 0.3) is 0 Å². The first kappa shape index (κ1) is 13.4. The van der Waals surface area contributed by atoms with Gasteiger partial charge in [-0.15, -0.1) is 0 Å². The second-order valence-corrected chi connectivity index (χ2v) is 5.71. The van der Waals surface area contributed by atoms with Crippen molar-refractivity contribution in [1.29, 1.82) is 0 Å². The van der Waals surface area contributed by atoms with Crippen molar-refractivity contribution in [3.63, 3.8) is 0 Å². The molecule has 5 heteroatoms. The fourth-order valence-electron chi connectivity index (χ4n) is 2.94. The molecule has 2 N–H and O–H groups in total. The Kier molecular flexibility index (Phi) is 3.38. The number of hydrogen-bond donors (Lipinski definition) is 2. The summed E-state index contributed by atoms with van der Waals surface area (Å²) in [5, 5.41) is 12.9. The number of carbonyl (C=O) groups excluding carboxylic acids is 1. The van der Waals surface area contributed by atoms with Gasteiger partial charge in [0.05, 0.1) is 5.60 Å². The zero-order valence-electron chi connectivity index (χ0n) is 11.2. The average Bonchev–Trinajstić information content (AvgIpc) is 3.02. The Labute approximate surface area is 116 Å². The highest BCUT2D eigenvalue weighted by Gasteiger charge is 2.34. The number of aliphatic hydroxyl groups is 1. The van der Waals surface area contributed by atoms with E-state index in [1.165, 1.54) is 12.1 Å². The molecule has 0 aromatic heterocycles. The standard InChI is InChI=1S/C15H18FNO3/c16-11-3-4-12-10(7-11)8-13(20-12)14(18)17-9-15(19)5-1-2-6-15/h3-4,7,13,19H,1-2,5-6,8-9H2,(H,17,18). The van der Waals surface area contributed by atoms with E-state index in [2.05, 4.69) is 5.32 Å². The third-order valence-corrected chi connectivity index (χ3v) is 4.12. The molecule has 1 amide bonds. The van der Waals surface area contributed by atoms with E-state index < -0.39 is 11.7 Å². The van der Waals surface area contributed by atoms with Gasteiger partial charge in [-0.2, -0.15) is 0 Å². The molecule has 1 aromatic rings. The second-order valence-electron chi connectivity index (χ2n) is 5.71. The van der Waals surface area contributed by atoms with Crippen LogP contribution in [0.5, 0.6) is 5.75 Å². The molecule has 1 aromatic carbocycles. The maximum Gasteiger partial charge on any atom is 0.261 e. The number of benzene rings is 1. The number of fused-ring (bicyclic) bond motifs is 1. The molecule has 0 radical (unpaired) electrons. The lowest BCUT2D eigenvalue weighted by Gasteiger charge is -2.23. The molecular formula is C15H18FNO3. The summed E-state index contributed by atoms with van der Waals surface area (Å²) in [4.78, 5) is 12.1. The van der Waals surface area contributed by atoms with Gasteiger partial charge in [0.1, 0.15) is 11.6 Å². The molecule has 1 saturated carbocycles. The number of hydrogen-bond acceptors (Lipinski definition) is 3. The lowest BCUT2D eigenvalue weighted by atomic mass is 10.0. The summed E-state index contributed by atoms with van der Waals surface area (Å²) < 4.78 is 18.6. The lowest BCUT2D eigenvalue weighted by molar-refractivity contribution is -0.128. The van der Waals surface area contributed by atoms with Crippen LogP contribution in [0.3, 0.4) is 0 Å². The molecule has 2 aliphatic rings. The molecule has 1 unspecified atom stereocenters. The average molecular weight is 279 g/mol. The third-order valence-electron chi connectivity index (χ3n) is 4.12. The molecule has 1 heterocycles. The van der Waals surface area contributed by atoms with Gasteiger partial charge in [0.15, 0.2) is 6.10 Å². The number of rotatable bonds is 3. The molecule has 0 saturated heterocycles. The van der Waals surface area contributed by atoms with E-state index in [4.69, 9.17) is 4.74 Å². The molecule has 0 bridgehead atoms. The molecule has 0 spiro atoms. The van der Waals surface area contributed by atoms with Crippen LogP contribution in [-0.4, -0.2) is 29.3 Å². The smallest absolute Gasteiger partial charge is 0.261 e. The fourth-order valence-corrected chi connectivity index (χ4v) is 2.94. The highest BCUT2D eigenvalue weighted by atomic mass is 19.1. The van der Waals surface area contributed by atoms with Crippen molar-refractivity contribution in [2.24, 2.45) is 0 Å². The first-order valence-corrected chi connectivity index (χ1v) is 7.01. The Morgan fingerprint density at radius 3 is 2.95 bits per heavy atom. The van der Waals surface area contributed by atoms with Crippen molar-refractivity contribution < 1.29 is 19.0 Å². The molecular weight excluding hydrogens is 261 g/mol. The molecule has 1 aliphatic carbocycles. The number of amides is 1. The van der Waals surface area contributed by atoms with E-state index in [9.17, 15) is 14.3 Å². The second kappa shape index (κ2) is 5.05. The Bertz CT molecular complexity index is 526. The first-order chi connectivity index (χ1) is 9.56. The van der Waals surface area contributed by atoms with E-state index >= 15 is 0 Å². The summed E-state index contributed by atoms with van der Waals surface area (Å²) >= 11 is 0. The van der Waals surface area contributed by atoms with Crippen LogP contribution >= 0.6 is 0 Å². The number of nitrogens with one attached hydrogen (secondary N) is 1. The van der Waals surface area contributed by atoms with Crippen molar-refractivity contribution in [2.75, 3.05) is 6.54 Å². The minimum atomic E-state index is -0.771. The van der Waals surface area contributed by atoms with Crippen molar-refractivity contribution in [3.8, 4) is 5.75 Å². The zero-order chi connectivity index (χ0) is 14.2. The van der Waals surface area contributed by atoms with Gasteiger partial charge in [-0.25, -0.2) is 4.39 Å². The Morgan fingerprint density at radius 1 is 1.45 bits per heavy atom. The van der Waals surface area contributed by atoms with Crippen molar-refractivity contribution in [1.82, 2.24) is 5.32 Å². The van der Waals surface area contributed by atoms with Gasteiger partial charge >= 0.3 is 0 Å². The zero-order valence-corrected chi connectivity index (χ0v) is 11.2. The summed E-state index contributed by atoms with van der Waals surface area (Å²) in [6.45, 7) is 0.260. The maximum absolute atomic E-state index is 13.1. The van der Waals surface area contributed by atoms with Crippen LogP contribution in [0.1, 0.15) is 31.2 Å². The van der Waals surface area contributed by atoms with Crippen molar-refractivity contribution in [3.05, 3.63) is 29.6 Å². The van der Waals surface area contributed by atoms with E-state index in [1.54, 1.807) is 6.07 Å². The van der Waals surface area contributed by atoms with Gasteiger partial charge in [-0.05, 0) is 31.0 Å². The first-order valence-electron chi connectivity index (χ1n) is 7.01. The predicted molar refractivity (Wildman–Crippen MR) is 70.9 cm³/mol.